The lowest BCUT2D eigenvalue weighted by Crippen LogP contribution is -2.22. The van der Waals surface area contributed by atoms with Crippen molar-refractivity contribution in [2.75, 3.05) is 0 Å². The summed E-state index contributed by atoms with van der Waals surface area (Å²) in [6.07, 6.45) is 0. The third-order valence-electron chi connectivity index (χ3n) is 1.63. The molecule has 1 aromatic carbocycles. The van der Waals surface area contributed by atoms with Crippen molar-refractivity contribution in [3.8, 4) is 0 Å². The van der Waals surface area contributed by atoms with Gasteiger partial charge < -0.3 is 4.84 Å². The predicted octanol–water partition coefficient (Wildman–Crippen LogP) is 0.570. The van der Waals surface area contributed by atoms with Crippen molar-refractivity contribution in [2.24, 2.45) is 0 Å². The van der Waals surface area contributed by atoms with Gasteiger partial charge in [-0.2, -0.15) is 0 Å². The van der Waals surface area contributed by atoms with Gasteiger partial charge in [0.2, 0.25) is 16.7 Å². The first-order valence-electron chi connectivity index (χ1n) is 3.90. The van der Waals surface area contributed by atoms with E-state index in [4.69, 9.17) is 0 Å². The minimum absolute atomic E-state index is 0.984. The highest BCUT2D eigenvalue weighted by Gasteiger charge is 2.30. The highest BCUT2D eigenvalue weighted by atomic mass is 32.2. The van der Waals surface area contributed by atoms with Crippen LogP contribution in [0.15, 0.2) is 0 Å². The Kier molecular flexibility index (Phi) is 4.19. The van der Waals surface area contributed by atoms with Gasteiger partial charge in [-0.05, 0) is 4.89 Å². The lowest BCUT2D eigenvalue weighted by atomic mass is 10.1. The molecule has 5 nitrogen and oxygen atoms in total. The van der Waals surface area contributed by atoms with Crippen molar-refractivity contribution >= 4 is 16.9 Å². The van der Waals surface area contributed by atoms with Gasteiger partial charge in [0, 0.05) is 0 Å². The second-order valence-corrected chi connectivity index (χ2v) is 3.38. The van der Waals surface area contributed by atoms with E-state index in [9.17, 15) is 35.2 Å². The second-order valence-electron chi connectivity index (χ2n) is 2.68. The third kappa shape index (κ3) is 2.56. The Labute approximate surface area is 97.2 Å². The maximum Gasteiger partial charge on any atom is 0.363 e. The highest BCUT2D eigenvalue weighted by molar-refractivity contribution is 7.70. The molecule has 1 aromatic rings. The number of rotatable bonds is 3. The van der Waals surface area contributed by atoms with E-state index < -0.39 is 51.5 Å². The van der Waals surface area contributed by atoms with Gasteiger partial charge in [0.1, 0.15) is 5.56 Å². The molecule has 0 atom stereocenters. The standard InChI is InChI=1S/C7H2F5NO4S/c8-2-1(7(14)17-13-18(15)16)3(9)5(11)6(12)4(2)10/h18H,(H,13,15,16). The molecule has 0 unspecified atom stereocenters. The molecule has 18 heavy (non-hydrogen) atoms. The topological polar surface area (TPSA) is 72.5 Å². The summed E-state index contributed by atoms with van der Waals surface area (Å²) >= 11 is 0. The van der Waals surface area contributed by atoms with Crippen LogP contribution in [0.4, 0.5) is 22.0 Å². The van der Waals surface area contributed by atoms with E-state index in [0.717, 1.165) is 4.89 Å². The molecule has 0 aliphatic heterocycles. The quantitative estimate of drug-likeness (QED) is 0.281. The van der Waals surface area contributed by atoms with Gasteiger partial charge in [-0.1, -0.05) is 0 Å². The number of hydrogen-bond acceptors (Lipinski definition) is 4. The van der Waals surface area contributed by atoms with Crippen LogP contribution in [-0.4, -0.2) is 14.4 Å². The molecule has 0 fully saturated rings. The zero-order valence-electron chi connectivity index (χ0n) is 7.97. The van der Waals surface area contributed by atoms with Crippen LogP contribution in [0.2, 0.25) is 0 Å². The first-order valence-corrected chi connectivity index (χ1v) is 5.07. The first kappa shape index (κ1) is 14.3. The van der Waals surface area contributed by atoms with E-state index in [2.05, 4.69) is 4.84 Å². The maximum absolute atomic E-state index is 13.0. The fourth-order valence-corrected chi connectivity index (χ4v) is 1.07. The minimum Gasteiger partial charge on any atom is -0.351 e. The molecule has 100 valence electrons. The van der Waals surface area contributed by atoms with Crippen LogP contribution in [-0.2, 0) is 15.7 Å². The summed E-state index contributed by atoms with van der Waals surface area (Å²) in [4.78, 5) is 15.5. The molecule has 1 N–H and O–H groups in total. The molecule has 0 aliphatic carbocycles. The number of hydrogen-bond donors (Lipinski definition) is 2. The molecule has 1 rings (SSSR count). The fourth-order valence-electron chi connectivity index (χ4n) is 0.914. The molecule has 0 radical (unpaired) electrons. The van der Waals surface area contributed by atoms with E-state index in [1.165, 1.54) is 0 Å². The Balaban J connectivity index is 3.28. The minimum atomic E-state index is -3.46. The van der Waals surface area contributed by atoms with E-state index >= 15 is 0 Å². The summed E-state index contributed by atoms with van der Waals surface area (Å²) < 4.78 is 83.7. The van der Waals surface area contributed by atoms with Crippen molar-refractivity contribution < 1.29 is 40.0 Å². The Hall–Kier alpha value is -1.75. The van der Waals surface area contributed by atoms with Crippen molar-refractivity contribution in [1.29, 1.82) is 0 Å². The molecule has 11 heteroatoms. The van der Waals surface area contributed by atoms with Crippen LogP contribution in [0.3, 0.4) is 0 Å². The first-order chi connectivity index (χ1) is 8.27. The van der Waals surface area contributed by atoms with Crippen LogP contribution >= 0.6 is 0 Å². The lowest BCUT2D eigenvalue weighted by molar-refractivity contribution is 0.0399. The van der Waals surface area contributed by atoms with Gasteiger partial charge in [0.05, 0.1) is 0 Å². The summed E-state index contributed by atoms with van der Waals surface area (Å²) in [6, 6.07) is 0. The van der Waals surface area contributed by atoms with Gasteiger partial charge in [-0.25, -0.2) is 35.2 Å². The van der Waals surface area contributed by atoms with Crippen molar-refractivity contribution in [3.63, 3.8) is 0 Å². The van der Waals surface area contributed by atoms with Gasteiger partial charge in [0.15, 0.2) is 23.3 Å². The average molecular weight is 291 g/mol. The number of benzene rings is 1. The van der Waals surface area contributed by atoms with Gasteiger partial charge >= 0.3 is 5.97 Å². The second kappa shape index (κ2) is 5.27. The Morgan fingerprint density at radius 3 is 1.67 bits per heavy atom. The molecule has 0 bridgehead atoms. The maximum atomic E-state index is 13.0. The van der Waals surface area contributed by atoms with E-state index in [1.807, 2.05) is 0 Å². The Morgan fingerprint density at radius 1 is 0.889 bits per heavy atom. The Morgan fingerprint density at radius 2 is 1.28 bits per heavy atom. The molecular weight excluding hydrogens is 289 g/mol. The normalized spacial score (nSPS) is 10.8. The fraction of sp³-hybridized carbons (Fsp3) is 0. The molecule has 0 spiro atoms. The molecule has 0 aromatic heterocycles. The SMILES string of the molecule is O=C(ON[SH](=O)=O)c1c(F)c(F)c(F)c(F)c1F. The monoisotopic (exact) mass is 291 g/mol. The van der Waals surface area contributed by atoms with Crippen LogP contribution in [0, 0.1) is 29.1 Å². The average Bonchev–Trinajstić information content (AvgIpc) is 2.31. The van der Waals surface area contributed by atoms with E-state index in [0.29, 0.717) is 0 Å². The van der Waals surface area contributed by atoms with Crippen molar-refractivity contribution in [1.82, 2.24) is 4.89 Å². The number of thiol groups is 1. The molecule has 0 amide bonds. The Bertz CT molecular complexity index is 551. The predicted molar refractivity (Wildman–Crippen MR) is 45.1 cm³/mol. The molecule has 0 aliphatic rings. The third-order valence-corrected chi connectivity index (χ3v) is 1.87. The summed E-state index contributed by atoms with van der Waals surface area (Å²) in [5.41, 5.74) is -1.91. The van der Waals surface area contributed by atoms with E-state index in [1.54, 1.807) is 0 Å². The van der Waals surface area contributed by atoms with Gasteiger partial charge in [-0.3, -0.25) is 0 Å². The van der Waals surface area contributed by atoms with Gasteiger partial charge in [0.25, 0.3) is 0 Å². The smallest absolute Gasteiger partial charge is 0.351 e. The number of nitrogens with one attached hydrogen (secondary N) is 1. The van der Waals surface area contributed by atoms with Crippen molar-refractivity contribution in [2.45, 2.75) is 0 Å². The summed E-state index contributed by atoms with van der Waals surface area (Å²) in [5, 5.41) is 0. The van der Waals surface area contributed by atoms with Crippen molar-refractivity contribution in [3.05, 3.63) is 34.6 Å². The zero-order valence-corrected chi connectivity index (χ0v) is 8.86. The van der Waals surface area contributed by atoms with E-state index in [-0.39, 0.29) is 0 Å². The van der Waals surface area contributed by atoms with Crippen LogP contribution in [0.5, 0.6) is 0 Å². The lowest BCUT2D eigenvalue weighted by Gasteiger charge is -2.06. The molecule has 0 saturated carbocycles. The summed E-state index contributed by atoms with van der Waals surface area (Å²) in [5.74, 6) is -14.1. The largest absolute Gasteiger partial charge is 0.363 e. The van der Waals surface area contributed by atoms with Crippen LogP contribution in [0.25, 0.3) is 0 Å². The highest BCUT2D eigenvalue weighted by Crippen LogP contribution is 2.23. The number of halogens is 5. The summed E-state index contributed by atoms with van der Waals surface area (Å²) in [6.45, 7) is 0. The molecule has 0 saturated heterocycles. The van der Waals surface area contributed by atoms with Crippen LogP contribution < -0.4 is 4.89 Å². The van der Waals surface area contributed by atoms with Crippen LogP contribution in [0.1, 0.15) is 10.4 Å². The summed E-state index contributed by atoms with van der Waals surface area (Å²) in [7, 11) is -3.46. The molecular formula is C7H2F5NO4S. The number of carbonyl (C=O) groups is 1. The van der Waals surface area contributed by atoms with Gasteiger partial charge in [-0.15, -0.1) is 0 Å². The zero-order chi connectivity index (χ0) is 14.0. The molecule has 0 heterocycles. The number of carbonyl (C=O) groups excluding carboxylic acids is 1.